The molecule has 1 N–H and O–H groups in total. The van der Waals surface area contributed by atoms with Crippen molar-refractivity contribution >= 4 is 11.3 Å². The highest BCUT2D eigenvalue weighted by atomic mass is 32.1. The predicted octanol–water partition coefficient (Wildman–Crippen LogP) is 3.24. The van der Waals surface area contributed by atoms with E-state index in [1.54, 1.807) is 11.3 Å². The van der Waals surface area contributed by atoms with Gasteiger partial charge in [0.15, 0.2) is 0 Å². The van der Waals surface area contributed by atoms with E-state index in [0.717, 1.165) is 11.3 Å². The fourth-order valence-corrected chi connectivity index (χ4v) is 2.77. The molecule has 0 saturated heterocycles. The predicted molar refractivity (Wildman–Crippen MR) is 71.3 cm³/mol. The van der Waals surface area contributed by atoms with Crippen LogP contribution < -0.4 is 0 Å². The normalized spacial score (nSPS) is 14.5. The maximum absolute atomic E-state index is 10.3. The highest BCUT2D eigenvalue weighted by Gasteiger charge is 2.19. The van der Waals surface area contributed by atoms with Crippen LogP contribution in [0.15, 0.2) is 42.0 Å². The number of benzene rings is 1. The van der Waals surface area contributed by atoms with Gasteiger partial charge < -0.3 is 5.11 Å². The lowest BCUT2D eigenvalue weighted by atomic mass is 9.89. The number of aliphatic hydroxyl groups excluding tert-OH is 1. The third kappa shape index (κ3) is 3.14. The molecule has 2 aromatic rings. The second kappa shape index (κ2) is 5.94. The van der Waals surface area contributed by atoms with Gasteiger partial charge in [-0.25, -0.2) is 0 Å². The summed E-state index contributed by atoms with van der Waals surface area (Å²) >= 11 is 1.60. The van der Waals surface area contributed by atoms with Crippen LogP contribution in [0, 0.1) is 0 Å². The molecular formula is C14H17NOS. The zero-order chi connectivity index (χ0) is 12.1. The average Bonchev–Trinajstić information content (AvgIpc) is 2.84. The van der Waals surface area contributed by atoms with Crippen molar-refractivity contribution in [1.82, 2.24) is 4.98 Å². The van der Waals surface area contributed by atoms with Crippen molar-refractivity contribution in [2.24, 2.45) is 0 Å². The van der Waals surface area contributed by atoms with Crippen molar-refractivity contribution in [3.8, 4) is 0 Å². The number of aliphatic hydroxyl groups is 1. The summed E-state index contributed by atoms with van der Waals surface area (Å²) in [5.74, 6) is 0.207. The lowest BCUT2D eigenvalue weighted by molar-refractivity contribution is 0.141. The first-order valence-electron chi connectivity index (χ1n) is 5.91. The van der Waals surface area contributed by atoms with E-state index in [0.29, 0.717) is 6.42 Å². The number of rotatable bonds is 5. The summed E-state index contributed by atoms with van der Waals surface area (Å²) in [5, 5.41) is 10.3. The Hall–Kier alpha value is -1.19. The maximum atomic E-state index is 10.3. The molecule has 0 saturated carbocycles. The third-order valence-corrected chi connectivity index (χ3v) is 3.83. The Bertz CT molecular complexity index is 427. The quantitative estimate of drug-likeness (QED) is 0.880. The van der Waals surface area contributed by atoms with E-state index in [1.165, 1.54) is 5.56 Å². The number of hydrogen-bond acceptors (Lipinski definition) is 3. The van der Waals surface area contributed by atoms with Gasteiger partial charge in [0.25, 0.3) is 0 Å². The van der Waals surface area contributed by atoms with E-state index in [2.05, 4.69) is 24.0 Å². The van der Waals surface area contributed by atoms with Crippen LogP contribution in [-0.2, 0) is 6.42 Å². The molecule has 1 heterocycles. The summed E-state index contributed by atoms with van der Waals surface area (Å²) in [5.41, 5.74) is 3.03. The van der Waals surface area contributed by atoms with Crippen LogP contribution in [0.4, 0.5) is 0 Å². The summed E-state index contributed by atoms with van der Waals surface area (Å²) in [7, 11) is 0. The fraction of sp³-hybridized carbons (Fsp3) is 0.357. The zero-order valence-electron chi connectivity index (χ0n) is 9.91. The molecule has 2 rings (SSSR count). The highest BCUT2D eigenvalue weighted by molar-refractivity contribution is 7.09. The lowest BCUT2D eigenvalue weighted by Gasteiger charge is -2.21. The van der Waals surface area contributed by atoms with Gasteiger partial charge in [-0.05, 0) is 12.0 Å². The Morgan fingerprint density at radius 1 is 1.29 bits per heavy atom. The third-order valence-electron chi connectivity index (χ3n) is 3.03. The Morgan fingerprint density at radius 2 is 2.06 bits per heavy atom. The molecule has 17 heavy (non-hydrogen) atoms. The van der Waals surface area contributed by atoms with Gasteiger partial charge in [0.1, 0.15) is 0 Å². The van der Waals surface area contributed by atoms with Crippen LogP contribution in [0.3, 0.4) is 0 Å². The van der Waals surface area contributed by atoms with Gasteiger partial charge in [0.05, 0.1) is 11.6 Å². The minimum Gasteiger partial charge on any atom is -0.392 e. The van der Waals surface area contributed by atoms with Gasteiger partial charge in [-0.15, -0.1) is 11.3 Å². The van der Waals surface area contributed by atoms with E-state index in [4.69, 9.17) is 0 Å². The molecule has 0 bridgehead atoms. The minimum atomic E-state index is -0.331. The number of hydrogen-bond donors (Lipinski definition) is 1. The second-order valence-electron chi connectivity index (χ2n) is 4.16. The molecule has 90 valence electrons. The van der Waals surface area contributed by atoms with E-state index in [1.807, 2.05) is 29.9 Å². The second-order valence-corrected chi connectivity index (χ2v) is 5.14. The standard InChI is InChI=1S/C14H17NOS/c1-2-13(11-6-4-3-5-7-11)14(16)8-12-9-15-10-17-12/h3-7,9-10,13-14,16H,2,8H2,1H3. The van der Waals surface area contributed by atoms with E-state index >= 15 is 0 Å². The fourth-order valence-electron chi connectivity index (χ4n) is 2.12. The summed E-state index contributed by atoms with van der Waals surface area (Å²) in [6.45, 7) is 2.12. The van der Waals surface area contributed by atoms with Gasteiger partial charge in [-0.2, -0.15) is 0 Å². The largest absolute Gasteiger partial charge is 0.392 e. The van der Waals surface area contributed by atoms with Gasteiger partial charge in [0, 0.05) is 23.4 Å². The topological polar surface area (TPSA) is 33.1 Å². The molecule has 2 atom stereocenters. The summed E-state index contributed by atoms with van der Waals surface area (Å²) < 4.78 is 0. The van der Waals surface area contributed by atoms with E-state index < -0.39 is 0 Å². The average molecular weight is 247 g/mol. The smallest absolute Gasteiger partial charge is 0.0794 e. The van der Waals surface area contributed by atoms with Gasteiger partial charge in [-0.1, -0.05) is 37.3 Å². The molecule has 0 aliphatic rings. The van der Waals surface area contributed by atoms with E-state index in [-0.39, 0.29) is 12.0 Å². The van der Waals surface area contributed by atoms with Crippen LogP contribution in [0.5, 0.6) is 0 Å². The Kier molecular flexibility index (Phi) is 4.29. The van der Waals surface area contributed by atoms with Crippen molar-refractivity contribution in [2.45, 2.75) is 31.8 Å². The molecule has 0 radical (unpaired) electrons. The van der Waals surface area contributed by atoms with Crippen LogP contribution in [-0.4, -0.2) is 16.2 Å². The molecule has 0 aliphatic heterocycles. The van der Waals surface area contributed by atoms with Crippen LogP contribution >= 0.6 is 11.3 Å². The van der Waals surface area contributed by atoms with Gasteiger partial charge >= 0.3 is 0 Å². The SMILES string of the molecule is CCC(c1ccccc1)C(O)Cc1cncs1. The highest BCUT2D eigenvalue weighted by Crippen LogP contribution is 2.26. The van der Waals surface area contributed by atoms with Crippen LogP contribution in [0.1, 0.15) is 29.7 Å². The number of nitrogens with zero attached hydrogens (tertiary/aromatic N) is 1. The molecule has 0 aliphatic carbocycles. The Morgan fingerprint density at radius 3 is 2.65 bits per heavy atom. The zero-order valence-corrected chi connectivity index (χ0v) is 10.7. The lowest BCUT2D eigenvalue weighted by Crippen LogP contribution is -2.20. The first-order chi connectivity index (χ1) is 8.31. The molecule has 0 spiro atoms. The molecular weight excluding hydrogens is 230 g/mol. The molecule has 0 amide bonds. The maximum Gasteiger partial charge on any atom is 0.0794 e. The van der Waals surface area contributed by atoms with Gasteiger partial charge in [0.2, 0.25) is 0 Å². The van der Waals surface area contributed by atoms with Crippen molar-refractivity contribution in [1.29, 1.82) is 0 Å². The van der Waals surface area contributed by atoms with Crippen molar-refractivity contribution in [2.75, 3.05) is 0 Å². The van der Waals surface area contributed by atoms with Crippen molar-refractivity contribution in [3.05, 3.63) is 52.5 Å². The number of thiazole rings is 1. The molecule has 0 fully saturated rings. The molecule has 2 nitrogen and oxygen atoms in total. The van der Waals surface area contributed by atoms with Crippen LogP contribution in [0.2, 0.25) is 0 Å². The molecule has 2 unspecified atom stereocenters. The van der Waals surface area contributed by atoms with Crippen molar-refractivity contribution in [3.63, 3.8) is 0 Å². The first-order valence-corrected chi connectivity index (χ1v) is 6.79. The Labute approximate surface area is 106 Å². The summed E-state index contributed by atoms with van der Waals surface area (Å²) in [6, 6.07) is 10.2. The van der Waals surface area contributed by atoms with Crippen molar-refractivity contribution < 1.29 is 5.11 Å². The molecule has 3 heteroatoms. The minimum absolute atomic E-state index is 0.207. The molecule has 1 aromatic heterocycles. The summed E-state index contributed by atoms with van der Waals surface area (Å²) in [4.78, 5) is 5.19. The van der Waals surface area contributed by atoms with E-state index in [9.17, 15) is 5.11 Å². The molecule has 1 aromatic carbocycles. The monoisotopic (exact) mass is 247 g/mol. The Balaban J connectivity index is 2.08. The summed E-state index contributed by atoms with van der Waals surface area (Å²) in [6.07, 6.45) is 3.15. The van der Waals surface area contributed by atoms with Gasteiger partial charge in [-0.3, -0.25) is 4.98 Å². The first kappa shape index (κ1) is 12.3. The number of aromatic nitrogens is 1. The van der Waals surface area contributed by atoms with Crippen LogP contribution in [0.25, 0.3) is 0 Å².